The van der Waals surface area contributed by atoms with Crippen LogP contribution in [-0.4, -0.2) is 0 Å². The molecule has 0 radical (unpaired) electrons. The minimum atomic E-state index is -0.817. The Morgan fingerprint density at radius 1 is 1.44 bits per heavy atom. The van der Waals surface area contributed by atoms with Crippen LogP contribution in [0.3, 0.4) is 0 Å². The molecule has 0 fully saturated rings. The molecule has 1 rings (SSSR count). The molecule has 0 N–H and O–H groups in total. The van der Waals surface area contributed by atoms with Crippen LogP contribution in [0.4, 0.5) is 4.39 Å². The molecule has 0 nitrogen and oxygen atoms in total. The molecule has 48 valence electrons. The van der Waals surface area contributed by atoms with Crippen LogP contribution in [0.2, 0.25) is 0 Å². The smallest absolute Gasteiger partial charge is 0.138 e. The van der Waals surface area contributed by atoms with Crippen molar-refractivity contribution in [3.05, 3.63) is 32.9 Å². The number of rotatable bonds is 0. The standard InChI is InChI=1S/C6H3Br2F/c7-4-1-2-5(8)6(9)3-4/h1-3H/i1D,2D,3D. The Kier molecular flexibility index (Phi) is 1.27. The molecule has 0 aliphatic rings. The molecule has 0 unspecified atom stereocenters. The zero-order valence-electron chi connectivity index (χ0n) is 7.13. The molecule has 0 amide bonds. The number of hydrogen-bond donors (Lipinski definition) is 0. The summed E-state index contributed by atoms with van der Waals surface area (Å²) < 4.78 is 34.5. The van der Waals surface area contributed by atoms with Gasteiger partial charge in [0.15, 0.2) is 0 Å². The third kappa shape index (κ3) is 1.76. The maximum atomic E-state index is 13.0. The molecule has 0 saturated carbocycles. The monoisotopic (exact) mass is 255 g/mol. The van der Waals surface area contributed by atoms with Gasteiger partial charge in [-0.05, 0) is 34.1 Å². The van der Waals surface area contributed by atoms with E-state index in [2.05, 4.69) is 31.9 Å². The van der Waals surface area contributed by atoms with Crippen molar-refractivity contribution in [2.45, 2.75) is 0 Å². The minimum Gasteiger partial charge on any atom is -0.206 e. The summed E-state index contributed by atoms with van der Waals surface area (Å²) >= 11 is 5.65. The van der Waals surface area contributed by atoms with Gasteiger partial charge in [-0.2, -0.15) is 0 Å². The van der Waals surface area contributed by atoms with Crippen LogP contribution in [0.5, 0.6) is 0 Å². The lowest BCUT2D eigenvalue weighted by molar-refractivity contribution is 0.620. The summed E-state index contributed by atoms with van der Waals surface area (Å²) in [6.07, 6.45) is 0. The van der Waals surface area contributed by atoms with Crippen molar-refractivity contribution in [1.82, 2.24) is 0 Å². The van der Waals surface area contributed by atoms with Gasteiger partial charge in [0.05, 0.1) is 8.58 Å². The van der Waals surface area contributed by atoms with Crippen LogP contribution in [0.15, 0.2) is 27.1 Å². The lowest BCUT2D eigenvalue weighted by Gasteiger charge is -1.91. The average molecular weight is 257 g/mol. The van der Waals surface area contributed by atoms with Gasteiger partial charge in [0.1, 0.15) is 5.82 Å². The van der Waals surface area contributed by atoms with E-state index in [-0.39, 0.29) is 21.0 Å². The minimum absolute atomic E-state index is 0.00759. The molecule has 0 aliphatic heterocycles. The highest BCUT2D eigenvalue weighted by Gasteiger charge is 1.96. The molecule has 0 bridgehead atoms. The molecule has 0 atom stereocenters. The fraction of sp³-hybridized carbons (Fsp3) is 0. The maximum absolute atomic E-state index is 13.0. The molecule has 1 aromatic rings. The third-order valence-corrected chi connectivity index (χ3v) is 1.64. The highest BCUT2D eigenvalue weighted by atomic mass is 79.9. The molecule has 0 aliphatic carbocycles. The summed E-state index contributed by atoms with van der Waals surface area (Å²) in [6.45, 7) is 0. The zero-order chi connectivity index (χ0) is 9.46. The zero-order valence-corrected chi connectivity index (χ0v) is 7.31. The predicted octanol–water partition coefficient (Wildman–Crippen LogP) is 3.35. The largest absolute Gasteiger partial charge is 0.206 e. The second-order valence-electron chi connectivity index (χ2n) is 1.32. The quantitative estimate of drug-likeness (QED) is 0.625. The Balaban J connectivity index is 3.60. The summed E-state index contributed by atoms with van der Waals surface area (Å²) in [5.41, 5.74) is 0. The lowest BCUT2D eigenvalue weighted by Crippen LogP contribution is -1.74. The fourth-order valence-electron chi connectivity index (χ4n) is 0.347. The van der Waals surface area contributed by atoms with Crippen molar-refractivity contribution in [3.63, 3.8) is 0 Å². The van der Waals surface area contributed by atoms with Gasteiger partial charge in [-0.3, -0.25) is 0 Å². The molecular formula is C6H3Br2F. The molecule has 0 saturated heterocycles. The van der Waals surface area contributed by atoms with Crippen LogP contribution < -0.4 is 0 Å². The van der Waals surface area contributed by atoms with Crippen LogP contribution in [-0.2, 0) is 0 Å². The summed E-state index contributed by atoms with van der Waals surface area (Å²) in [5, 5.41) is 0. The first-order valence-corrected chi connectivity index (χ1v) is 3.65. The third-order valence-electron chi connectivity index (χ3n) is 0.694. The highest BCUT2D eigenvalue weighted by Crippen LogP contribution is 2.19. The van der Waals surface area contributed by atoms with Gasteiger partial charge in [0.2, 0.25) is 0 Å². The Morgan fingerprint density at radius 3 is 2.78 bits per heavy atom. The molecule has 0 aromatic heterocycles. The molecule has 9 heavy (non-hydrogen) atoms. The van der Waals surface area contributed by atoms with Crippen LogP contribution in [0.1, 0.15) is 4.11 Å². The van der Waals surface area contributed by atoms with Gasteiger partial charge < -0.3 is 0 Å². The van der Waals surface area contributed by atoms with Crippen LogP contribution in [0.25, 0.3) is 0 Å². The SMILES string of the molecule is [2H]c1c([2H])c(Br)c(F)c([2H])c1Br. The number of hydrogen-bond acceptors (Lipinski definition) is 0. The highest BCUT2D eigenvalue weighted by molar-refractivity contribution is 9.11. The molecule has 3 heteroatoms. The summed E-state index contributed by atoms with van der Waals surface area (Å²) in [6, 6.07) is -0.841. The second-order valence-corrected chi connectivity index (χ2v) is 2.90. The van der Waals surface area contributed by atoms with E-state index in [1.807, 2.05) is 0 Å². The van der Waals surface area contributed by atoms with Gasteiger partial charge in [-0.25, -0.2) is 4.39 Å². The first-order valence-electron chi connectivity index (χ1n) is 3.57. The molecular weight excluding hydrogens is 251 g/mol. The van der Waals surface area contributed by atoms with Crippen LogP contribution >= 0.6 is 31.9 Å². The van der Waals surface area contributed by atoms with E-state index in [9.17, 15) is 4.39 Å². The van der Waals surface area contributed by atoms with E-state index in [4.69, 9.17) is 4.11 Å². The van der Waals surface area contributed by atoms with E-state index in [0.29, 0.717) is 0 Å². The van der Waals surface area contributed by atoms with Gasteiger partial charge in [0, 0.05) is 4.47 Å². The van der Waals surface area contributed by atoms with Crippen molar-refractivity contribution in [3.8, 4) is 0 Å². The van der Waals surface area contributed by atoms with E-state index in [0.717, 1.165) is 0 Å². The first kappa shape index (κ1) is 4.09. The fourth-order valence-corrected chi connectivity index (χ4v) is 0.819. The number of halogens is 3. The van der Waals surface area contributed by atoms with Crippen molar-refractivity contribution < 1.29 is 8.50 Å². The van der Waals surface area contributed by atoms with Crippen molar-refractivity contribution in [1.29, 1.82) is 0 Å². The Hall–Kier alpha value is 0.110. The van der Waals surface area contributed by atoms with Gasteiger partial charge in [-0.1, -0.05) is 15.9 Å². The second kappa shape index (κ2) is 2.80. The molecule has 0 heterocycles. The van der Waals surface area contributed by atoms with Gasteiger partial charge in [-0.15, -0.1) is 0 Å². The van der Waals surface area contributed by atoms with Crippen molar-refractivity contribution in [2.24, 2.45) is 0 Å². The number of benzene rings is 1. The van der Waals surface area contributed by atoms with E-state index >= 15 is 0 Å². The van der Waals surface area contributed by atoms with Gasteiger partial charge in [0.25, 0.3) is 0 Å². The Morgan fingerprint density at radius 2 is 2.11 bits per heavy atom. The maximum Gasteiger partial charge on any atom is 0.138 e. The van der Waals surface area contributed by atoms with E-state index in [1.54, 1.807) is 0 Å². The van der Waals surface area contributed by atoms with Crippen molar-refractivity contribution >= 4 is 31.9 Å². The van der Waals surface area contributed by atoms with Crippen LogP contribution in [0, 0.1) is 5.82 Å². The Labute approximate surface area is 73.5 Å². The predicted molar refractivity (Wildman–Crippen MR) is 41.8 cm³/mol. The summed E-state index contributed by atoms with van der Waals surface area (Å²) in [7, 11) is 0. The topological polar surface area (TPSA) is 0 Å². The van der Waals surface area contributed by atoms with E-state index in [1.165, 1.54) is 0 Å². The molecule has 1 aromatic carbocycles. The lowest BCUT2D eigenvalue weighted by atomic mass is 10.4. The average Bonchev–Trinajstić information content (AvgIpc) is 2.08. The van der Waals surface area contributed by atoms with Crippen molar-refractivity contribution in [2.75, 3.05) is 0 Å². The summed E-state index contributed by atoms with van der Waals surface area (Å²) in [5.74, 6) is -0.817. The Bertz CT molecular complexity index is 235. The molecule has 0 spiro atoms. The van der Waals surface area contributed by atoms with Gasteiger partial charge >= 0.3 is 0 Å². The first-order chi connectivity index (χ1) is 5.46. The van der Waals surface area contributed by atoms with E-state index < -0.39 is 11.9 Å². The summed E-state index contributed by atoms with van der Waals surface area (Å²) in [4.78, 5) is 0. The normalized spacial score (nSPS) is 14.3.